The topological polar surface area (TPSA) is 86.7 Å². The highest BCUT2D eigenvalue weighted by Gasteiger charge is 2.34. The summed E-state index contributed by atoms with van der Waals surface area (Å²) in [6, 6.07) is 7.09. The van der Waals surface area contributed by atoms with Crippen molar-refractivity contribution in [1.29, 1.82) is 0 Å². The number of hydrogen-bond acceptors (Lipinski definition) is 6. The highest BCUT2D eigenvalue weighted by Crippen LogP contribution is 2.32. The van der Waals surface area contributed by atoms with Crippen LogP contribution in [-0.4, -0.2) is 35.2 Å². The van der Waals surface area contributed by atoms with Gasteiger partial charge < -0.3 is 14.6 Å². The SMILES string of the molecule is C=CCOc1ccc(/C=C2\SC(=O)N(CCCC(=O)[O-])C2=O)cc1. The minimum absolute atomic E-state index is 0.0737. The van der Waals surface area contributed by atoms with Crippen molar-refractivity contribution < 1.29 is 24.2 Å². The number of amides is 2. The van der Waals surface area contributed by atoms with Crippen LogP contribution < -0.4 is 9.84 Å². The highest BCUT2D eigenvalue weighted by atomic mass is 32.2. The van der Waals surface area contributed by atoms with Crippen molar-refractivity contribution in [2.45, 2.75) is 12.8 Å². The Labute approximate surface area is 143 Å². The van der Waals surface area contributed by atoms with Gasteiger partial charge in [-0.05, 0) is 48.4 Å². The molecule has 0 bridgehead atoms. The van der Waals surface area contributed by atoms with Crippen molar-refractivity contribution in [1.82, 2.24) is 4.90 Å². The van der Waals surface area contributed by atoms with Crippen LogP contribution in [-0.2, 0) is 9.59 Å². The van der Waals surface area contributed by atoms with E-state index in [1.54, 1.807) is 36.4 Å². The normalized spacial score (nSPS) is 15.8. The molecule has 0 aliphatic carbocycles. The molecule has 7 heteroatoms. The number of hydrogen-bond donors (Lipinski definition) is 0. The van der Waals surface area contributed by atoms with Crippen LogP contribution in [0.1, 0.15) is 18.4 Å². The molecule has 1 aromatic carbocycles. The van der Waals surface area contributed by atoms with Crippen LogP contribution in [0.25, 0.3) is 6.08 Å². The largest absolute Gasteiger partial charge is 0.550 e. The summed E-state index contributed by atoms with van der Waals surface area (Å²) in [5.41, 5.74) is 0.765. The number of rotatable bonds is 8. The molecule has 1 heterocycles. The first-order valence-corrected chi connectivity index (χ1v) is 8.12. The van der Waals surface area contributed by atoms with E-state index in [4.69, 9.17) is 4.74 Å². The van der Waals surface area contributed by atoms with Crippen molar-refractivity contribution in [3.05, 3.63) is 47.4 Å². The summed E-state index contributed by atoms with van der Waals surface area (Å²) in [4.78, 5) is 35.9. The first-order valence-electron chi connectivity index (χ1n) is 7.30. The lowest BCUT2D eigenvalue weighted by Gasteiger charge is -2.12. The number of thioether (sulfide) groups is 1. The Hall–Kier alpha value is -2.54. The highest BCUT2D eigenvalue weighted by molar-refractivity contribution is 8.18. The second kappa shape index (κ2) is 8.35. The summed E-state index contributed by atoms with van der Waals surface area (Å²) >= 11 is 0.845. The molecule has 1 aliphatic rings. The van der Waals surface area contributed by atoms with Gasteiger partial charge in [0.15, 0.2) is 0 Å². The average Bonchev–Trinajstić information content (AvgIpc) is 2.81. The van der Waals surface area contributed by atoms with Crippen LogP contribution >= 0.6 is 11.8 Å². The maximum atomic E-state index is 12.2. The molecule has 24 heavy (non-hydrogen) atoms. The maximum Gasteiger partial charge on any atom is 0.293 e. The molecule has 0 N–H and O–H groups in total. The number of benzene rings is 1. The lowest BCUT2D eigenvalue weighted by Crippen LogP contribution is -2.30. The van der Waals surface area contributed by atoms with Gasteiger partial charge in [-0.3, -0.25) is 14.5 Å². The zero-order valence-electron chi connectivity index (χ0n) is 12.9. The molecule has 1 aliphatic heterocycles. The van der Waals surface area contributed by atoms with Crippen molar-refractivity contribution >= 4 is 35.0 Å². The zero-order chi connectivity index (χ0) is 17.5. The van der Waals surface area contributed by atoms with Gasteiger partial charge in [-0.1, -0.05) is 24.8 Å². The Morgan fingerprint density at radius 1 is 1.29 bits per heavy atom. The van der Waals surface area contributed by atoms with Gasteiger partial charge in [0, 0.05) is 12.5 Å². The molecule has 1 aromatic rings. The van der Waals surface area contributed by atoms with Crippen LogP contribution in [0.3, 0.4) is 0 Å². The van der Waals surface area contributed by atoms with E-state index < -0.39 is 17.1 Å². The first-order chi connectivity index (χ1) is 11.5. The molecule has 1 saturated heterocycles. The lowest BCUT2D eigenvalue weighted by molar-refractivity contribution is -0.305. The van der Waals surface area contributed by atoms with Gasteiger partial charge in [-0.2, -0.15) is 0 Å². The molecular weight excluding hydrogens is 330 g/mol. The fourth-order valence-corrected chi connectivity index (χ4v) is 2.91. The van der Waals surface area contributed by atoms with Crippen LogP contribution in [0.4, 0.5) is 4.79 Å². The van der Waals surface area contributed by atoms with Crippen LogP contribution in [0.15, 0.2) is 41.8 Å². The third-order valence-corrected chi connectivity index (χ3v) is 4.09. The number of carbonyl (C=O) groups is 3. The predicted octanol–water partition coefficient (Wildman–Crippen LogP) is 1.82. The van der Waals surface area contributed by atoms with Crippen LogP contribution in [0, 0.1) is 0 Å². The van der Waals surface area contributed by atoms with E-state index >= 15 is 0 Å². The quantitative estimate of drug-likeness (QED) is 0.527. The third kappa shape index (κ3) is 4.73. The van der Waals surface area contributed by atoms with Gasteiger partial charge in [0.1, 0.15) is 12.4 Å². The van der Waals surface area contributed by atoms with Gasteiger partial charge in [-0.15, -0.1) is 0 Å². The lowest BCUT2D eigenvalue weighted by atomic mass is 10.2. The summed E-state index contributed by atoms with van der Waals surface area (Å²) < 4.78 is 5.37. The number of carbonyl (C=O) groups excluding carboxylic acids is 3. The molecular formula is C17H16NO5S-. The molecule has 2 amide bonds. The molecule has 126 valence electrons. The number of carboxylic acid groups (broad SMARTS) is 1. The summed E-state index contributed by atoms with van der Waals surface area (Å²) in [6.07, 6.45) is 3.27. The summed E-state index contributed by atoms with van der Waals surface area (Å²) in [6.45, 7) is 4.05. The fourth-order valence-electron chi connectivity index (χ4n) is 2.04. The molecule has 0 spiro atoms. The molecule has 6 nitrogen and oxygen atoms in total. The second-order valence-corrected chi connectivity index (χ2v) is 5.97. The first kappa shape index (κ1) is 17.8. The minimum atomic E-state index is -1.20. The van der Waals surface area contributed by atoms with Crippen molar-refractivity contribution in [2.24, 2.45) is 0 Å². The van der Waals surface area contributed by atoms with Crippen molar-refractivity contribution in [3.63, 3.8) is 0 Å². The molecule has 0 atom stereocenters. The van der Waals surface area contributed by atoms with Crippen LogP contribution in [0.5, 0.6) is 5.75 Å². The molecule has 0 radical (unpaired) electrons. The molecule has 0 unspecified atom stereocenters. The maximum absolute atomic E-state index is 12.2. The summed E-state index contributed by atoms with van der Waals surface area (Å²) in [7, 11) is 0. The molecule has 0 aromatic heterocycles. The Bertz CT molecular complexity index is 681. The summed E-state index contributed by atoms with van der Waals surface area (Å²) in [5, 5.41) is 10.0. The number of carboxylic acids is 1. The van der Waals surface area contributed by atoms with Gasteiger partial charge >= 0.3 is 0 Å². The number of ether oxygens (including phenoxy) is 1. The van der Waals surface area contributed by atoms with Gasteiger partial charge in [-0.25, -0.2) is 0 Å². The average molecular weight is 346 g/mol. The van der Waals surface area contributed by atoms with E-state index in [9.17, 15) is 19.5 Å². The van der Waals surface area contributed by atoms with Crippen molar-refractivity contribution in [3.8, 4) is 5.75 Å². The Balaban J connectivity index is 2.02. The number of imide groups is 1. The van der Waals surface area contributed by atoms with E-state index in [1.807, 2.05) is 0 Å². The molecule has 0 saturated carbocycles. The van der Waals surface area contributed by atoms with Gasteiger partial charge in [0.2, 0.25) is 0 Å². The van der Waals surface area contributed by atoms with E-state index in [1.165, 1.54) is 0 Å². The van der Waals surface area contributed by atoms with Crippen LogP contribution in [0.2, 0.25) is 0 Å². The third-order valence-electron chi connectivity index (χ3n) is 3.18. The Kier molecular flexibility index (Phi) is 6.20. The number of aliphatic carboxylic acids is 1. The van der Waals surface area contributed by atoms with Crippen molar-refractivity contribution in [2.75, 3.05) is 13.2 Å². The minimum Gasteiger partial charge on any atom is -0.550 e. The van der Waals surface area contributed by atoms with Gasteiger partial charge in [0.25, 0.3) is 11.1 Å². The predicted molar refractivity (Wildman–Crippen MR) is 89.1 cm³/mol. The van der Waals surface area contributed by atoms with E-state index in [0.29, 0.717) is 17.3 Å². The smallest absolute Gasteiger partial charge is 0.293 e. The fraction of sp³-hybridized carbons (Fsp3) is 0.235. The number of nitrogens with zero attached hydrogens (tertiary/aromatic N) is 1. The molecule has 1 fully saturated rings. The Morgan fingerprint density at radius 2 is 2.00 bits per heavy atom. The Morgan fingerprint density at radius 3 is 2.62 bits per heavy atom. The second-order valence-electron chi connectivity index (χ2n) is 4.98. The van der Waals surface area contributed by atoms with E-state index in [0.717, 1.165) is 22.2 Å². The standard InChI is InChI=1S/C17H17NO5S/c1-2-10-23-13-7-5-12(6-8-13)11-14-16(21)18(17(22)24-14)9-3-4-15(19)20/h2,5-8,11H,1,3-4,9-10H2,(H,19,20)/p-1/b14-11-. The molecule has 2 rings (SSSR count). The monoisotopic (exact) mass is 346 g/mol. The zero-order valence-corrected chi connectivity index (χ0v) is 13.7. The van der Waals surface area contributed by atoms with Gasteiger partial charge in [0.05, 0.1) is 4.91 Å². The van der Waals surface area contributed by atoms with E-state index in [2.05, 4.69) is 6.58 Å². The summed E-state index contributed by atoms with van der Waals surface area (Å²) in [5.74, 6) is -0.922. The van der Waals surface area contributed by atoms with E-state index in [-0.39, 0.29) is 19.4 Å².